The van der Waals surface area contributed by atoms with Crippen LogP contribution in [0, 0.1) is 5.92 Å². The predicted molar refractivity (Wildman–Crippen MR) is 96.6 cm³/mol. The molecule has 0 bridgehead atoms. The molecular formula is C19H28O5S. The number of esters is 1. The first kappa shape index (κ1) is 19.9. The number of rotatable bonds is 8. The SMILES string of the molecule is CC(=O)OC(CCCc1ccccc1)C1CCC(OS(C)(=O)=O)CC1. The van der Waals surface area contributed by atoms with E-state index in [2.05, 4.69) is 12.1 Å². The molecular weight excluding hydrogens is 340 g/mol. The smallest absolute Gasteiger partial charge is 0.302 e. The lowest BCUT2D eigenvalue weighted by Crippen LogP contribution is -2.32. The summed E-state index contributed by atoms with van der Waals surface area (Å²) >= 11 is 0. The van der Waals surface area contributed by atoms with Crippen molar-refractivity contribution in [2.24, 2.45) is 5.92 Å². The highest BCUT2D eigenvalue weighted by molar-refractivity contribution is 7.86. The normalized spacial score (nSPS) is 22.3. The second-order valence-electron chi connectivity index (χ2n) is 6.86. The molecule has 1 unspecified atom stereocenters. The summed E-state index contributed by atoms with van der Waals surface area (Å²) in [5, 5.41) is 0. The Balaban J connectivity index is 1.84. The molecule has 5 nitrogen and oxygen atoms in total. The predicted octanol–water partition coefficient (Wildman–Crippen LogP) is 3.48. The monoisotopic (exact) mass is 368 g/mol. The Morgan fingerprint density at radius 2 is 1.80 bits per heavy atom. The van der Waals surface area contributed by atoms with Gasteiger partial charge in [-0.1, -0.05) is 30.3 Å². The van der Waals surface area contributed by atoms with E-state index in [0.29, 0.717) is 12.8 Å². The minimum absolute atomic E-state index is 0.0969. The third kappa shape index (κ3) is 7.57. The topological polar surface area (TPSA) is 69.7 Å². The first-order valence-corrected chi connectivity index (χ1v) is 10.7. The van der Waals surface area contributed by atoms with Gasteiger partial charge in [-0.2, -0.15) is 8.42 Å². The molecule has 25 heavy (non-hydrogen) atoms. The first-order chi connectivity index (χ1) is 11.8. The molecule has 0 N–H and O–H groups in total. The van der Waals surface area contributed by atoms with Crippen LogP contribution in [0.1, 0.15) is 51.0 Å². The Morgan fingerprint density at radius 3 is 2.36 bits per heavy atom. The first-order valence-electron chi connectivity index (χ1n) is 8.93. The highest BCUT2D eigenvalue weighted by Crippen LogP contribution is 2.32. The number of ether oxygens (including phenoxy) is 1. The van der Waals surface area contributed by atoms with E-state index in [1.807, 2.05) is 18.2 Å². The zero-order valence-electron chi connectivity index (χ0n) is 15.0. The van der Waals surface area contributed by atoms with Gasteiger partial charge in [0.25, 0.3) is 10.1 Å². The van der Waals surface area contributed by atoms with Crippen LogP contribution in [0.2, 0.25) is 0 Å². The second kappa shape index (κ2) is 9.34. The fourth-order valence-electron chi connectivity index (χ4n) is 3.56. The third-order valence-electron chi connectivity index (χ3n) is 4.67. The maximum Gasteiger partial charge on any atom is 0.302 e. The van der Waals surface area contributed by atoms with Gasteiger partial charge in [-0.05, 0) is 56.4 Å². The van der Waals surface area contributed by atoms with Crippen molar-refractivity contribution in [1.29, 1.82) is 0 Å². The molecule has 0 amide bonds. The van der Waals surface area contributed by atoms with Gasteiger partial charge in [-0.25, -0.2) is 0 Å². The van der Waals surface area contributed by atoms with Crippen molar-refractivity contribution < 1.29 is 22.1 Å². The van der Waals surface area contributed by atoms with E-state index in [1.54, 1.807) is 0 Å². The number of carbonyl (C=O) groups excluding carboxylic acids is 1. The maximum absolute atomic E-state index is 11.5. The zero-order valence-corrected chi connectivity index (χ0v) is 15.8. The molecule has 1 atom stereocenters. The summed E-state index contributed by atoms with van der Waals surface area (Å²) in [7, 11) is -3.41. The summed E-state index contributed by atoms with van der Waals surface area (Å²) in [5.74, 6) is 0.0262. The van der Waals surface area contributed by atoms with Gasteiger partial charge in [0.05, 0.1) is 12.4 Å². The van der Waals surface area contributed by atoms with E-state index in [9.17, 15) is 13.2 Å². The van der Waals surface area contributed by atoms with Gasteiger partial charge < -0.3 is 4.74 Å². The number of hydrogen-bond acceptors (Lipinski definition) is 5. The summed E-state index contributed by atoms with van der Waals surface area (Å²) < 4.78 is 33.1. The van der Waals surface area contributed by atoms with Gasteiger partial charge in [0.1, 0.15) is 6.10 Å². The van der Waals surface area contributed by atoms with Crippen LogP contribution in [0.3, 0.4) is 0 Å². The molecule has 1 saturated carbocycles. The number of benzene rings is 1. The fraction of sp³-hybridized carbons (Fsp3) is 0.632. The van der Waals surface area contributed by atoms with Crippen molar-refractivity contribution in [1.82, 2.24) is 0 Å². The molecule has 1 aliphatic carbocycles. The lowest BCUT2D eigenvalue weighted by Gasteiger charge is -2.33. The van der Waals surface area contributed by atoms with Crippen molar-refractivity contribution in [3.63, 3.8) is 0 Å². The summed E-state index contributed by atoms with van der Waals surface area (Å²) in [6.45, 7) is 1.45. The number of aryl methyl sites for hydroxylation is 1. The molecule has 0 saturated heterocycles. The Hall–Kier alpha value is -1.40. The molecule has 1 fully saturated rings. The van der Waals surface area contributed by atoms with Gasteiger partial charge in [0.2, 0.25) is 0 Å². The summed E-state index contributed by atoms with van der Waals surface area (Å²) in [6, 6.07) is 10.3. The Bertz CT molecular complexity index is 633. The van der Waals surface area contributed by atoms with Gasteiger partial charge in [-0.15, -0.1) is 0 Å². The lowest BCUT2D eigenvalue weighted by molar-refractivity contribution is -0.150. The van der Waals surface area contributed by atoms with Crippen LogP contribution in [-0.2, 0) is 30.3 Å². The molecule has 0 spiro atoms. The fourth-order valence-corrected chi connectivity index (χ4v) is 4.25. The van der Waals surface area contributed by atoms with Gasteiger partial charge in [0.15, 0.2) is 0 Å². The van der Waals surface area contributed by atoms with E-state index < -0.39 is 10.1 Å². The Labute approximate surface area is 150 Å². The highest BCUT2D eigenvalue weighted by Gasteiger charge is 2.31. The maximum atomic E-state index is 11.5. The van der Waals surface area contributed by atoms with Crippen molar-refractivity contribution in [3.8, 4) is 0 Å². The van der Waals surface area contributed by atoms with E-state index >= 15 is 0 Å². The van der Waals surface area contributed by atoms with Crippen LogP contribution in [-0.4, -0.2) is 32.9 Å². The van der Waals surface area contributed by atoms with Crippen LogP contribution < -0.4 is 0 Å². The number of carbonyl (C=O) groups is 1. The molecule has 2 rings (SSSR count). The van der Waals surface area contributed by atoms with Crippen LogP contribution in [0.4, 0.5) is 0 Å². The molecule has 1 aliphatic rings. The largest absolute Gasteiger partial charge is 0.462 e. The molecule has 0 heterocycles. The minimum Gasteiger partial charge on any atom is -0.462 e. The second-order valence-corrected chi connectivity index (χ2v) is 8.46. The highest BCUT2D eigenvalue weighted by atomic mass is 32.2. The Kier molecular flexibility index (Phi) is 7.44. The van der Waals surface area contributed by atoms with E-state index in [0.717, 1.165) is 38.4 Å². The Morgan fingerprint density at radius 1 is 1.16 bits per heavy atom. The zero-order chi connectivity index (χ0) is 18.3. The average Bonchev–Trinajstić information content (AvgIpc) is 2.54. The van der Waals surface area contributed by atoms with E-state index in [-0.39, 0.29) is 24.1 Å². The summed E-state index contributed by atoms with van der Waals surface area (Å²) in [4.78, 5) is 11.5. The van der Waals surface area contributed by atoms with E-state index in [1.165, 1.54) is 12.5 Å². The van der Waals surface area contributed by atoms with Gasteiger partial charge >= 0.3 is 5.97 Å². The van der Waals surface area contributed by atoms with Crippen LogP contribution in [0.15, 0.2) is 30.3 Å². The molecule has 0 aliphatic heterocycles. The van der Waals surface area contributed by atoms with Crippen molar-refractivity contribution in [2.75, 3.05) is 6.26 Å². The molecule has 6 heteroatoms. The molecule has 0 aromatic heterocycles. The third-order valence-corrected chi connectivity index (χ3v) is 5.29. The quantitative estimate of drug-likeness (QED) is 0.519. The van der Waals surface area contributed by atoms with Crippen molar-refractivity contribution >= 4 is 16.1 Å². The van der Waals surface area contributed by atoms with Gasteiger partial charge in [-0.3, -0.25) is 8.98 Å². The molecule has 0 radical (unpaired) electrons. The summed E-state index contributed by atoms with van der Waals surface area (Å²) in [6.07, 6.45) is 6.53. The van der Waals surface area contributed by atoms with E-state index in [4.69, 9.17) is 8.92 Å². The molecule has 1 aromatic carbocycles. The number of hydrogen-bond donors (Lipinski definition) is 0. The standard InChI is InChI=1S/C19H28O5S/c1-15(20)23-19(10-6-9-16-7-4-3-5-8-16)17-11-13-18(14-12-17)24-25(2,21)22/h3-5,7-8,17-19H,6,9-14H2,1-2H3. The minimum atomic E-state index is -3.41. The summed E-state index contributed by atoms with van der Waals surface area (Å²) in [5.41, 5.74) is 1.29. The van der Waals surface area contributed by atoms with Crippen molar-refractivity contribution in [2.45, 2.75) is 64.1 Å². The van der Waals surface area contributed by atoms with Crippen LogP contribution >= 0.6 is 0 Å². The van der Waals surface area contributed by atoms with Gasteiger partial charge in [0, 0.05) is 6.92 Å². The lowest BCUT2D eigenvalue weighted by atomic mass is 9.82. The van der Waals surface area contributed by atoms with Crippen molar-refractivity contribution in [3.05, 3.63) is 35.9 Å². The molecule has 140 valence electrons. The van der Waals surface area contributed by atoms with Crippen LogP contribution in [0.5, 0.6) is 0 Å². The average molecular weight is 368 g/mol. The molecule has 1 aromatic rings. The van der Waals surface area contributed by atoms with Crippen LogP contribution in [0.25, 0.3) is 0 Å².